The largest absolute Gasteiger partial charge is 0.487 e. The SMILES string of the molecule is CCn1cc(COc2cccnc2)c2cccc(C(=O)O)c21. The van der Waals surface area contributed by atoms with Crippen LogP contribution in [-0.4, -0.2) is 20.6 Å². The smallest absolute Gasteiger partial charge is 0.337 e. The molecule has 0 spiro atoms. The fourth-order valence-electron chi connectivity index (χ4n) is 2.56. The molecule has 0 unspecified atom stereocenters. The molecule has 0 saturated carbocycles. The van der Waals surface area contributed by atoms with E-state index in [1.807, 2.05) is 35.9 Å². The minimum absolute atomic E-state index is 0.312. The number of aromatic carboxylic acids is 1. The Morgan fingerprint density at radius 2 is 2.18 bits per heavy atom. The van der Waals surface area contributed by atoms with E-state index in [1.165, 1.54) is 0 Å². The topological polar surface area (TPSA) is 64.4 Å². The van der Waals surface area contributed by atoms with E-state index in [-0.39, 0.29) is 0 Å². The van der Waals surface area contributed by atoms with Gasteiger partial charge in [-0.25, -0.2) is 4.79 Å². The number of carboxylic acid groups (broad SMARTS) is 1. The van der Waals surface area contributed by atoms with Crippen LogP contribution in [-0.2, 0) is 13.2 Å². The van der Waals surface area contributed by atoms with Gasteiger partial charge in [0.05, 0.1) is 17.3 Å². The van der Waals surface area contributed by atoms with Crippen LogP contribution in [0.2, 0.25) is 0 Å². The summed E-state index contributed by atoms with van der Waals surface area (Å²) in [5.41, 5.74) is 2.01. The first-order valence-electron chi connectivity index (χ1n) is 7.07. The van der Waals surface area contributed by atoms with Crippen molar-refractivity contribution in [1.82, 2.24) is 9.55 Å². The van der Waals surface area contributed by atoms with Gasteiger partial charge < -0.3 is 14.4 Å². The summed E-state index contributed by atoms with van der Waals surface area (Å²) in [6.07, 6.45) is 5.30. The van der Waals surface area contributed by atoms with Crippen LogP contribution in [0.1, 0.15) is 22.8 Å². The van der Waals surface area contributed by atoms with Crippen molar-refractivity contribution in [2.75, 3.05) is 0 Å². The first-order chi connectivity index (χ1) is 10.7. The Kier molecular flexibility index (Phi) is 3.78. The molecule has 0 fully saturated rings. The maximum absolute atomic E-state index is 11.4. The van der Waals surface area contributed by atoms with Gasteiger partial charge in [0.15, 0.2) is 0 Å². The third-order valence-corrected chi connectivity index (χ3v) is 3.58. The summed E-state index contributed by atoms with van der Waals surface area (Å²) in [5, 5.41) is 10.3. The Morgan fingerprint density at radius 1 is 1.32 bits per heavy atom. The predicted molar refractivity (Wildman–Crippen MR) is 83.1 cm³/mol. The van der Waals surface area contributed by atoms with Crippen molar-refractivity contribution in [3.05, 3.63) is 60.0 Å². The van der Waals surface area contributed by atoms with Gasteiger partial charge in [0, 0.05) is 29.9 Å². The maximum atomic E-state index is 11.4. The van der Waals surface area contributed by atoms with Crippen LogP contribution in [0.25, 0.3) is 10.9 Å². The van der Waals surface area contributed by atoms with Crippen LogP contribution in [0, 0.1) is 0 Å². The second-order valence-electron chi connectivity index (χ2n) is 4.92. The zero-order valence-corrected chi connectivity index (χ0v) is 12.2. The molecule has 112 valence electrons. The Morgan fingerprint density at radius 3 is 2.86 bits per heavy atom. The van der Waals surface area contributed by atoms with Gasteiger partial charge in [-0.15, -0.1) is 0 Å². The number of aromatic nitrogens is 2. The highest BCUT2D eigenvalue weighted by atomic mass is 16.5. The lowest BCUT2D eigenvalue weighted by Gasteiger charge is -2.05. The molecular formula is C17H16N2O3. The second-order valence-corrected chi connectivity index (χ2v) is 4.92. The molecule has 0 radical (unpaired) electrons. The lowest BCUT2D eigenvalue weighted by molar-refractivity contribution is 0.0698. The summed E-state index contributed by atoms with van der Waals surface area (Å²) in [7, 11) is 0. The quantitative estimate of drug-likeness (QED) is 0.784. The number of para-hydroxylation sites is 1. The van der Waals surface area contributed by atoms with Gasteiger partial charge in [-0.1, -0.05) is 12.1 Å². The summed E-state index contributed by atoms with van der Waals surface area (Å²) in [6, 6.07) is 8.97. The van der Waals surface area contributed by atoms with Crippen molar-refractivity contribution in [1.29, 1.82) is 0 Å². The summed E-state index contributed by atoms with van der Waals surface area (Å²) in [5.74, 6) is -0.229. The first kappa shape index (κ1) is 14.1. The summed E-state index contributed by atoms with van der Waals surface area (Å²) >= 11 is 0. The fraction of sp³-hybridized carbons (Fsp3) is 0.176. The molecule has 0 aliphatic rings. The van der Waals surface area contributed by atoms with Crippen LogP contribution >= 0.6 is 0 Å². The minimum atomic E-state index is -0.918. The summed E-state index contributed by atoms with van der Waals surface area (Å²) in [6.45, 7) is 3.07. The lowest BCUT2D eigenvalue weighted by Crippen LogP contribution is -2.01. The minimum Gasteiger partial charge on any atom is -0.487 e. The first-order valence-corrected chi connectivity index (χ1v) is 7.07. The number of aryl methyl sites for hydroxylation is 1. The molecule has 0 atom stereocenters. The Balaban J connectivity index is 2.00. The number of fused-ring (bicyclic) bond motifs is 1. The van der Waals surface area contributed by atoms with Gasteiger partial charge in [-0.05, 0) is 25.1 Å². The van der Waals surface area contributed by atoms with E-state index in [4.69, 9.17) is 4.74 Å². The van der Waals surface area contributed by atoms with Crippen LogP contribution in [0.4, 0.5) is 0 Å². The number of hydrogen-bond acceptors (Lipinski definition) is 3. The number of pyridine rings is 1. The molecule has 1 aromatic carbocycles. The number of rotatable bonds is 5. The lowest BCUT2D eigenvalue weighted by atomic mass is 10.1. The van der Waals surface area contributed by atoms with E-state index in [9.17, 15) is 9.90 Å². The van der Waals surface area contributed by atoms with Crippen LogP contribution < -0.4 is 4.74 Å². The average molecular weight is 296 g/mol. The highest BCUT2D eigenvalue weighted by Crippen LogP contribution is 2.26. The van der Waals surface area contributed by atoms with Crippen molar-refractivity contribution in [3.8, 4) is 5.75 Å². The molecule has 0 amide bonds. The van der Waals surface area contributed by atoms with Gasteiger partial charge in [-0.3, -0.25) is 4.98 Å². The van der Waals surface area contributed by atoms with E-state index in [2.05, 4.69) is 4.98 Å². The standard InChI is InChI=1S/C17H16N2O3/c1-2-19-10-12(11-22-13-5-4-8-18-9-13)14-6-3-7-15(16(14)19)17(20)21/h3-10H,2,11H2,1H3,(H,20,21). The van der Waals surface area contributed by atoms with Crippen LogP contribution in [0.3, 0.4) is 0 Å². The molecule has 22 heavy (non-hydrogen) atoms. The van der Waals surface area contributed by atoms with Crippen LogP contribution in [0.15, 0.2) is 48.9 Å². The Bertz CT molecular complexity index is 809. The molecule has 0 aliphatic heterocycles. The number of hydrogen-bond donors (Lipinski definition) is 1. The molecule has 2 aromatic heterocycles. The highest BCUT2D eigenvalue weighted by molar-refractivity contribution is 6.03. The second kappa shape index (κ2) is 5.89. The Labute approximate surface area is 127 Å². The van der Waals surface area contributed by atoms with Crippen LogP contribution in [0.5, 0.6) is 5.75 Å². The predicted octanol–water partition coefficient (Wildman–Crippen LogP) is 3.33. The van der Waals surface area contributed by atoms with Crippen molar-refractivity contribution >= 4 is 16.9 Å². The molecule has 0 aliphatic carbocycles. The zero-order chi connectivity index (χ0) is 15.5. The third-order valence-electron chi connectivity index (χ3n) is 3.58. The van der Waals surface area contributed by atoms with Crippen molar-refractivity contribution < 1.29 is 14.6 Å². The molecule has 1 N–H and O–H groups in total. The Hall–Kier alpha value is -2.82. The molecule has 5 heteroatoms. The molecule has 5 nitrogen and oxygen atoms in total. The highest BCUT2D eigenvalue weighted by Gasteiger charge is 2.15. The average Bonchev–Trinajstić information content (AvgIpc) is 2.92. The van der Waals surface area contributed by atoms with E-state index in [1.54, 1.807) is 24.5 Å². The summed E-state index contributed by atoms with van der Waals surface area (Å²) in [4.78, 5) is 15.4. The zero-order valence-electron chi connectivity index (χ0n) is 12.2. The van der Waals surface area contributed by atoms with E-state index in [0.29, 0.717) is 24.5 Å². The fourth-order valence-corrected chi connectivity index (χ4v) is 2.56. The van der Waals surface area contributed by atoms with Gasteiger partial charge in [0.1, 0.15) is 12.4 Å². The van der Waals surface area contributed by atoms with Crippen molar-refractivity contribution in [2.45, 2.75) is 20.1 Å². The van der Waals surface area contributed by atoms with Gasteiger partial charge in [-0.2, -0.15) is 0 Å². The maximum Gasteiger partial charge on any atom is 0.337 e. The van der Waals surface area contributed by atoms with E-state index >= 15 is 0 Å². The number of nitrogens with zero attached hydrogens (tertiary/aromatic N) is 2. The van der Waals surface area contributed by atoms with E-state index in [0.717, 1.165) is 16.5 Å². The molecule has 2 heterocycles. The van der Waals surface area contributed by atoms with Crippen molar-refractivity contribution in [2.24, 2.45) is 0 Å². The summed E-state index contributed by atoms with van der Waals surface area (Å²) < 4.78 is 7.68. The number of carboxylic acids is 1. The number of benzene rings is 1. The van der Waals surface area contributed by atoms with Gasteiger partial charge >= 0.3 is 5.97 Å². The monoisotopic (exact) mass is 296 g/mol. The van der Waals surface area contributed by atoms with Gasteiger partial charge in [0.2, 0.25) is 0 Å². The van der Waals surface area contributed by atoms with Gasteiger partial charge in [0.25, 0.3) is 0 Å². The third kappa shape index (κ3) is 2.53. The van der Waals surface area contributed by atoms with Crippen molar-refractivity contribution in [3.63, 3.8) is 0 Å². The molecule has 0 bridgehead atoms. The van der Waals surface area contributed by atoms with E-state index < -0.39 is 5.97 Å². The number of carbonyl (C=O) groups is 1. The molecule has 0 saturated heterocycles. The molecular weight excluding hydrogens is 280 g/mol. The molecule has 3 rings (SSSR count). The molecule has 3 aromatic rings. The number of ether oxygens (including phenoxy) is 1. The normalized spacial score (nSPS) is 10.8.